The summed E-state index contributed by atoms with van der Waals surface area (Å²) in [6.45, 7) is 9.10. The number of fused-ring (bicyclic) bond motifs is 3. The second-order valence-corrected chi connectivity index (χ2v) is 17.2. The highest BCUT2D eigenvalue weighted by molar-refractivity contribution is 7.14. The number of rotatable bonds is 9. The van der Waals surface area contributed by atoms with Crippen LogP contribution in [-0.2, 0) is 41.4 Å². The van der Waals surface area contributed by atoms with E-state index in [1.165, 1.54) is 50.5 Å². The quantitative estimate of drug-likeness (QED) is 0.174. The maximum absolute atomic E-state index is 14.7. The van der Waals surface area contributed by atoms with Crippen molar-refractivity contribution in [3.05, 3.63) is 86.1 Å². The number of carbonyl (C=O) groups excluding carboxylic acids is 2. The zero-order chi connectivity index (χ0) is 41.8. The molecule has 59 heavy (non-hydrogen) atoms. The molecule has 0 unspecified atom stereocenters. The topological polar surface area (TPSA) is 145 Å². The minimum atomic E-state index is -4.57. The van der Waals surface area contributed by atoms with Gasteiger partial charge in [0.05, 0.1) is 28.6 Å². The summed E-state index contributed by atoms with van der Waals surface area (Å²) in [7, 11) is 1.54. The first-order valence-electron chi connectivity index (χ1n) is 19.8. The predicted octanol–water partition coefficient (Wildman–Crippen LogP) is 5.92. The van der Waals surface area contributed by atoms with Gasteiger partial charge in [0.1, 0.15) is 11.9 Å². The average Bonchev–Trinajstić information content (AvgIpc) is 3.76. The van der Waals surface area contributed by atoms with E-state index in [1.807, 2.05) is 4.90 Å². The Labute approximate surface area is 343 Å². The van der Waals surface area contributed by atoms with E-state index in [-0.39, 0.29) is 53.3 Å². The van der Waals surface area contributed by atoms with Crippen LogP contribution >= 0.6 is 11.3 Å². The normalized spacial score (nSPS) is 19.7. The molecule has 6 heterocycles. The second kappa shape index (κ2) is 15.8. The molecule has 1 aliphatic carbocycles. The van der Waals surface area contributed by atoms with Gasteiger partial charge < -0.3 is 29.9 Å². The number of halogens is 3. The molecule has 2 fully saturated rings. The zero-order valence-electron chi connectivity index (χ0n) is 33.2. The Morgan fingerprint density at radius 1 is 1.12 bits per heavy atom. The standard InChI is InChI=1S/C42H47F3N8O5S/c1-5-34(55)48-30-20-24(6-7-32(30)52-17-16-51(22-33(52)42(43,44)45)25-11-18-58-19-12-25)47-37-40(57)50(4)21-31(49-37)26-9-14-46-38(29(26)23-54)53-15-10-27-28-8-13-41(2,3)36(28)59-35(27)39(53)56/h5-7,9,14,20-21,25,33,54H,1,8,10-13,15-19,22-23H2,2-4H3,(H,47,49)(H,48,55)/t33-/m0/s1. The number of carbonyl (C=O) groups is 2. The van der Waals surface area contributed by atoms with Crippen LogP contribution in [0.4, 0.5) is 41.9 Å². The van der Waals surface area contributed by atoms with E-state index in [2.05, 4.69) is 41.0 Å². The number of benzene rings is 1. The van der Waals surface area contributed by atoms with E-state index in [9.17, 15) is 32.7 Å². The fourth-order valence-electron chi connectivity index (χ4n) is 8.91. The molecule has 3 N–H and O–H groups in total. The molecule has 0 radical (unpaired) electrons. The molecule has 312 valence electrons. The van der Waals surface area contributed by atoms with Gasteiger partial charge in [-0.05, 0) is 79.0 Å². The summed E-state index contributed by atoms with van der Waals surface area (Å²) in [5, 5.41) is 16.4. The fourth-order valence-corrected chi connectivity index (χ4v) is 10.4. The molecule has 3 aliphatic heterocycles. The number of hydrogen-bond acceptors (Lipinski definition) is 11. The van der Waals surface area contributed by atoms with Gasteiger partial charge in [-0.3, -0.25) is 24.2 Å². The number of amides is 2. The van der Waals surface area contributed by atoms with Crippen molar-refractivity contribution in [2.45, 2.75) is 76.2 Å². The third-order valence-corrected chi connectivity index (χ3v) is 13.7. The van der Waals surface area contributed by atoms with Gasteiger partial charge in [0.2, 0.25) is 5.91 Å². The lowest BCUT2D eigenvalue weighted by molar-refractivity contribution is -0.159. The largest absolute Gasteiger partial charge is 0.409 e. The van der Waals surface area contributed by atoms with Crippen molar-refractivity contribution in [2.24, 2.45) is 7.05 Å². The molecule has 1 atom stereocenters. The van der Waals surface area contributed by atoms with Crippen LogP contribution in [0.3, 0.4) is 0 Å². The van der Waals surface area contributed by atoms with Crippen LogP contribution in [0.25, 0.3) is 11.3 Å². The molecule has 0 saturated carbocycles. The molecule has 3 aromatic heterocycles. The smallest absolute Gasteiger partial charge is 0.392 e. The lowest BCUT2D eigenvalue weighted by Gasteiger charge is -2.47. The number of hydrogen-bond donors (Lipinski definition) is 3. The Balaban J connectivity index is 1.10. The minimum absolute atomic E-state index is 0.00424. The number of nitrogens with zero attached hydrogens (tertiary/aromatic N) is 6. The van der Waals surface area contributed by atoms with E-state index in [1.54, 1.807) is 29.4 Å². The van der Waals surface area contributed by atoms with Gasteiger partial charge in [0.25, 0.3) is 11.5 Å². The number of aliphatic hydroxyl groups is 1. The number of aromatic nitrogens is 3. The first-order chi connectivity index (χ1) is 28.2. The van der Waals surface area contributed by atoms with Crippen LogP contribution in [0.1, 0.15) is 64.3 Å². The molecule has 4 aliphatic rings. The van der Waals surface area contributed by atoms with Gasteiger partial charge in [0, 0.05) is 86.6 Å². The summed E-state index contributed by atoms with van der Waals surface area (Å²) in [5.74, 6) is -0.595. The maximum Gasteiger partial charge on any atom is 0.409 e. The number of pyridine rings is 1. The summed E-state index contributed by atoms with van der Waals surface area (Å²) < 4.78 is 50.9. The summed E-state index contributed by atoms with van der Waals surface area (Å²) in [4.78, 5) is 56.1. The lowest BCUT2D eigenvalue weighted by atomic mass is 9.93. The summed E-state index contributed by atoms with van der Waals surface area (Å²) in [6, 6.07) is 4.30. The predicted molar refractivity (Wildman–Crippen MR) is 221 cm³/mol. The monoisotopic (exact) mass is 832 g/mol. The van der Waals surface area contributed by atoms with Crippen LogP contribution in [0.2, 0.25) is 0 Å². The molecule has 13 nitrogen and oxygen atoms in total. The Hall–Kier alpha value is -5.10. The highest BCUT2D eigenvalue weighted by Crippen LogP contribution is 2.48. The number of nitrogens with one attached hydrogen (secondary N) is 2. The zero-order valence-corrected chi connectivity index (χ0v) is 34.0. The van der Waals surface area contributed by atoms with E-state index in [4.69, 9.17) is 4.74 Å². The fraction of sp³-hybridized carbons (Fsp3) is 0.452. The highest BCUT2D eigenvalue weighted by atomic mass is 32.1. The highest BCUT2D eigenvalue weighted by Gasteiger charge is 2.48. The Morgan fingerprint density at radius 2 is 1.90 bits per heavy atom. The Bertz CT molecular complexity index is 2370. The summed E-state index contributed by atoms with van der Waals surface area (Å²) in [5.41, 5.74) is 3.56. The van der Waals surface area contributed by atoms with Crippen LogP contribution in [-0.4, -0.2) is 94.0 Å². The number of piperazine rings is 1. The van der Waals surface area contributed by atoms with Crippen molar-refractivity contribution in [2.75, 3.05) is 59.8 Å². The molecule has 2 amide bonds. The van der Waals surface area contributed by atoms with Gasteiger partial charge in [-0.25, -0.2) is 9.97 Å². The van der Waals surface area contributed by atoms with E-state index in [0.717, 1.165) is 24.5 Å². The van der Waals surface area contributed by atoms with E-state index < -0.39 is 30.3 Å². The molecular weight excluding hydrogens is 786 g/mol. The number of ether oxygens (including phenoxy) is 1. The van der Waals surface area contributed by atoms with Gasteiger partial charge >= 0.3 is 6.18 Å². The molecule has 8 rings (SSSR count). The molecular formula is C42H47F3N8O5S. The van der Waals surface area contributed by atoms with Gasteiger partial charge in [0.15, 0.2) is 5.82 Å². The number of alkyl halides is 3. The van der Waals surface area contributed by atoms with Crippen molar-refractivity contribution in [3.8, 4) is 11.3 Å². The first kappa shape index (κ1) is 40.7. The van der Waals surface area contributed by atoms with Crippen molar-refractivity contribution < 1.29 is 32.6 Å². The second-order valence-electron chi connectivity index (χ2n) is 16.2. The minimum Gasteiger partial charge on any atom is -0.392 e. The van der Waals surface area contributed by atoms with Crippen LogP contribution < -0.4 is 26.0 Å². The third-order valence-electron chi connectivity index (χ3n) is 12.1. The summed E-state index contributed by atoms with van der Waals surface area (Å²) in [6.07, 6.45) is 3.52. The maximum atomic E-state index is 14.7. The Morgan fingerprint density at radius 3 is 2.63 bits per heavy atom. The third kappa shape index (κ3) is 7.64. The number of aryl methyl sites for hydroxylation is 1. The lowest BCUT2D eigenvalue weighted by Crippen LogP contribution is -2.61. The first-order valence-corrected chi connectivity index (χ1v) is 20.6. The van der Waals surface area contributed by atoms with E-state index in [0.29, 0.717) is 73.1 Å². The molecule has 0 spiro atoms. The molecule has 1 aromatic carbocycles. The van der Waals surface area contributed by atoms with Gasteiger partial charge in [-0.15, -0.1) is 11.3 Å². The SMILES string of the molecule is C=CC(=O)Nc1cc(Nc2nc(-c3ccnc(N4CCc5c(sc6c5CCC6(C)C)C4=O)c3CO)cn(C)c2=O)ccc1N1CCN(C2CCOCC2)C[C@H]1C(F)(F)F. The summed E-state index contributed by atoms with van der Waals surface area (Å²) >= 11 is 1.55. The average molecular weight is 833 g/mol. The van der Waals surface area contributed by atoms with Gasteiger partial charge in [-0.2, -0.15) is 13.2 Å². The molecule has 2 saturated heterocycles. The van der Waals surface area contributed by atoms with E-state index >= 15 is 0 Å². The molecule has 4 aromatic rings. The molecule has 0 bridgehead atoms. The van der Waals surface area contributed by atoms with Crippen LogP contribution in [0.5, 0.6) is 0 Å². The van der Waals surface area contributed by atoms with Crippen LogP contribution in [0.15, 0.2) is 54.1 Å². The van der Waals surface area contributed by atoms with Crippen molar-refractivity contribution in [1.29, 1.82) is 0 Å². The van der Waals surface area contributed by atoms with Crippen molar-refractivity contribution in [1.82, 2.24) is 19.4 Å². The van der Waals surface area contributed by atoms with Crippen molar-refractivity contribution >= 4 is 51.8 Å². The molecule has 17 heteroatoms. The van der Waals surface area contributed by atoms with Gasteiger partial charge in [-0.1, -0.05) is 20.4 Å². The number of anilines is 5. The number of thiophene rings is 1. The number of aliphatic hydroxyl groups excluding tert-OH is 1. The van der Waals surface area contributed by atoms with Crippen LogP contribution in [0, 0.1) is 0 Å². The van der Waals surface area contributed by atoms with Crippen molar-refractivity contribution in [3.63, 3.8) is 0 Å². The Kier molecular flexibility index (Phi) is 10.9.